The Hall–Kier alpha value is -4.08. The largest absolute Gasteiger partial charge is 0.469 e. The fourth-order valence-corrected chi connectivity index (χ4v) is 7.53. The van der Waals surface area contributed by atoms with Gasteiger partial charge in [-0.3, -0.25) is 19.9 Å². The lowest BCUT2D eigenvalue weighted by molar-refractivity contribution is -0.142. The summed E-state index contributed by atoms with van der Waals surface area (Å²) in [5, 5.41) is 5.69. The van der Waals surface area contributed by atoms with E-state index in [1.54, 1.807) is 0 Å². The molecule has 4 aliphatic rings. The van der Waals surface area contributed by atoms with Crippen molar-refractivity contribution >= 4 is 35.5 Å². The molecule has 1 aromatic rings. The molecule has 5 heterocycles. The van der Waals surface area contributed by atoms with Gasteiger partial charge in [-0.05, 0) is 105 Å². The Morgan fingerprint density at radius 2 is 1.76 bits per heavy atom. The lowest BCUT2D eigenvalue weighted by Crippen LogP contribution is -2.62. The van der Waals surface area contributed by atoms with Crippen LogP contribution >= 0.6 is 0 Å². The molecular weight excluding hydrogens is 568 g/mol. The summed E-state index contributed by atoms with van der Waals surface area (Å²) in [5.74, 6) is -0.986. The molecule has 9 heteroatoms. The molecule has 2 N–H and O–H groups in total. The standard InChI is InChI=1S/C36H44N4O5/c1-9-29-23(4)36(45-10-2)24(5)35(18-17-33(42)44-8)30(15-16-32(41)43-7)22(3)31(39-35)20-27-12-11-25(37-27)19-26-13-14-28(38-26)21-34(29,6)40-36/h9,11-14,19-21,24,37,40H,1,10,15-18H2,2-8H3. The van der Waals surface area contributed by atoms with Crippen molar-refractivity contribution in [3.8, 4) is 0 Å². The third-order valence-corrected chi connectivity index (χ3v) is 9.74. The molecule has 45 heavy (non-hydrogen) atoms. The van der Waals surface area contributed by atoms with Gasteiger partial charge in [-0.25, -0.2) is 4.99 Å². The van der Waals surface area contributed by atoms with E-state index in [4.69, 9.17) is 24.2 Å². The van der Waals surface area contributed by atoms with Crippen LogP contribution in [0.5, 0.6) is 0 Å². The van der Waals surface area contributed by atoms with Crippen LogP contribution in [0.1, 0.15) is 60.3 Å². The molecule has 8 bridgehead atoms. The molecule has 0 spiro atoms. The molecule has 4 atom stereocenters. The van der Waals surface area contributed by atoms with Crippen LogP contribution in [0.25, 0.3) is 12.2 Å². The van der Waals surface area contributed by atoms with Gasteiger partial charge in [0.2, 0.25) is 0 Å². The van der Waals surface area contributed by atoms with Gasteiger partial charge >= 0.3 is 11.9 Å². The first kappa shape index (κ1) is 32.3. The Kier molecular flexibility index (Phi) is 8.88. The van der Waals surface area contributed by atoms with Gasteiger partial charge in [0.05, 0.1) is 42.4 Å². The van der Waals surface area contributed by atoms with E-state index < -0.39 is 16.8 Å². The highest BCUT2D eigenvalue weighted by Crippen LogP contribution is 2.53. The normalized spacial score (nSPS) is 28.7. The zero-order valence-corrected chi connectivity index (χ0v) is 27.4. The smallest absolute Gasteiger partial charge is 0.305 e. The van der Waals surface area contributed by atoms with Crippen LogP contribution in [0.2, 0.25) is 0 Å². The molecule has 1 aromatic heterocycles. The number of H-pyrrole nitrogens is 1. The first-order chi connectivity index (χ1) is 21.4. The summed E-state index contributed by atoms with van der Waals surface area (Å²) >= 11 is 0. The fraction of sp³-hybridized carbons (Fsp3) is 0.444. The van der Waals surface area contributed by atoms with Crippen LogP contribution in [0.4, 0.5) is 0 Å². The summed E-state index contributed by atoms with van der Waals surface area (Å²) in [6, 6.07) is 4.02. The van der Waals surface area contributed by atoms with E-state index in [0.29, 0.717) is 19.4 Å². The molecule has 4 aliphatic heterocycles. The fourth-order valence-electron chi connectivity index (χ4n) is 7.53. The second-order valence-electron chi connectivity index (χ2n) is 12.2. The SMILES string of the molecule is C=CC1=C(C)C2(OCC)NC1(C)C=C1C=CC(=N1)C=c1ccc([nH]1)=CC1=NC(CCC(=O)OC)(C(CCC(=O)OC)=C1C)C2C. The highest BCUT2D eigenvalue weighted by molar-refractivity contribution is 6.22. The van der Waals surface area contributed by atoms with Gasteiger partial charge in [0.25, 0.3) is 0 Å². The summed E-state index contributed by atoms with van der Waals surface area (Å²) in [6.45, 7) is 14.9. The molecule has 0 fully saturated rings. The van der Waals surface area contributed by atoms with Gasteiger partial charge in [-0.2, -0.15) is 0 Å². The Bertz CT molecular complexity index is 1740. The molecule has 9 nitrogen and oxygen atoms in total. The van der Waals surface area contributed by atoms with Crippen LogP contribution in [0.15, 0.2) is 81.0 Å². The van der Waals surface area contributed by atoms with Crippen molar-refractivity contribution in [2.45, 2.75) is 77.1 Å². The third kappa shape index (κ3) is 5.64. The summed E-state index contributed by atoms with van der Waals surface area (Å²) < 4.78 is 17.0. The van der Waals surface area contributed by atoms with Crippen molar-refractivity contribution < 1.29 is 23.8 Å². The quantitative estimate of drug-likeness (QED) is 0.406. The van der Waals surface area contributed by atoms with Gasteiger partial charge in [0, 0.05) is 36.1 Å². The number of allylic oxidation sites excluding steroid dienone is 3. The Balaban J connectivity index is 1.84. The average molecular weight is 613 g/mol. The van der Waals surface area contributed by atoms with E-state index in [0.717, 1.165) is 50.1 Å². The minimum Gasteiger partial charge on any atom is -0.469 e. The Labute approximate surface area is 264 Å². The highest BCUT2D eigenvalue weighted by atomic mass is 16.5. The van der Waals surface area contributed by atoms with Crippen molar-refractivity contribution in [2.24, 2.45) is 15.9 Å². The number of methoxy groups -OCH3 is 2. The number of hydrogen-bond donors (Lipinski definition) is 2. The number of carbonyl (C=O) groups excluding carboxylic acids is 2. The molecule has 0 saturated heterocycles. The molecular formula is C36H44N4O5. The Morgan fingerprint density at radius 1 is 1.07 bits per heavy atom. The second kappa shape index (κ2) is 12.4. The van der Waals surface area contributed by atoms with Crippen LogP contribution in [-0.2, 0) is 23.8 Å². The van der Waals surface area contributed by atoms with E-state index in [1.165, 1.54) is 14.2 Å². The number of rotatable bonds is 9. The first-order valence-electron chi connectivity index (χ1n) is 15.5. The first-order valence-corrected chi connectivity index (χ1v) is 15.5. The lowest BCUT2D eigenvalue weighted by Gasteiger charge is -2.48. The zero-order chi connectivity index (χ0) is 32.6. The van der Waals surface area contributed by atoms with Crippen LogP contribution in [0.3, 0.4) is 0 Å². The highest BCUT2D eigenvalue weighted by Gasteiger charge is 2.59. The summed E-state index contributed by atoms with van der Waals surface area (Å²) in [6.07, 6.45) is 13.1. The van der Waals surface area contributed by atoms with E-state index in [2.05, 4.69) is 43.7 Å². The van der Waals surface area contributed by atoms with E-state index in [-0.39, 0.29) is 30.7 Å². The average Bonchev–Trinajstić information content (AvgIpc) is 3.76. The van der Waals surface area contributed by atoms with E-state index >= 15 is 0 Å². The predicted molar refractivity (Wildman–Crippen MR) is 177 cm³/mol. The minimum atomic E-state index is -1.01. The van der Waals surface area contributed by atoms with Gasteiger partial charge in [0.15, 0.2) is 0 Å². The van der Waals surface area contributed by atoms with Crippen LogP contribution in [-0.4, -0.2) is 66.0 Å². The van der Waals surface area contributed by atoms with Gasteiger partial charge in [-0.1, -0.05) is 19.6 Å². The number of carbonyl (C=O) groups is 2. The summed E-state index contributed by atoms with van der Waals surface area (Å²) in [4.78, 5) is 39.1. The molecule has 0 saturated carbocycles. The number of nitrogens with zero attached hydrogens (tertiary/aromatic N) is 2. The van der Waals surface area contributed by atoms with Gasteiger partial charge in [-0.15, -0.1) is 0 Å². The predicted octanol–water partition coefficient (Wildman–Crippen LogP) is 4.13. The number of aromatic nitrogens is 1. The maximum atomic E-state index is 12.7. The second-order valence-corrected chi connectivity index (χ2v) is 12.2. The molecule has 4 unspecified atom stereocenters. The number of ether oxygens (including phenoxy) is 3. The number of fused-ring (bicyclic) bond motifs is 6. The summed E-state index contributed by atoms with van der Waals surface area (Å²) in [5.41, 5.74) is 3.75. The van der Waals surface area contributed by atoms with Crippen LogP contribution in [0, 0.1) is 5.92 Å². The molecule has 238 valence electrons. The van der Waals surface area contributed by atoms with Gasteiger partial charge < -0.3 is 19.2 Å². The van der Waals surface area contributed by atoms with Crippen molar-refractivity contribution in [2.75, 3.05) is 20.8 Å². The number of esters is 2. The van der Waals surface area contributed by atoms with Crippen molar-refractivity contribution in [1.82, 2.24) is 10.3 Å². The number of nitrogens with one attached hydrogen (secondary N) is 2. The zero-order valence-electron chi connectivity index (χ0n) is 27.4. The molecule has 0 amide bonds. The maximum absolute atomic E-state index is 12.7. The van der Waals surface area contributed by atoms with Gasteiger partial charge in [0.1, 0.15) is 5.72 Å². The number of hydrogen-bond acceptors (Lipinski definition) is 8. The number of aliphatic imine (C=N–C) groups is 2. The Morgan fingerprint density at radius 3 is 2.42 bits per heavy atom. The monoisotopic (exact) mass is 612 g/mol. The van der Waals surface area contributed by atoms with Crippen molar-refractivity contribution in [1.29, 1.82) is 0 Å². The van der Waals surface area contributed by atoms with E-state index in [1.807, 2.05) is 56.4 Å². The number of aromatic amines is 1. The van der Waals surface area contributed by atoms with E-state index in [9.17, 15) is 9.59 Å². The third-order valence-electron chi connectivity index (χ3n) is 9.74. The minimum absolute atomic E-state index is 0.136. The molecule has 5 rings (SSSR count). The molecule has 0 radical (unpaired) electrons. The van der Waals surface area contributed by atoms with Crippen LogP contribution < -0.4 is 16.0 Å². The summed E-state index contributed by atoms with van der Waals surface area (Å²) in [7, 11) is 2.79. The van der Waals surface area contributed by atoms with Crippen molar-refractivity contribution in [3.63, 3.8) is 0 Å². The topological polar surface area (TPSA) is 114 Å². The molecule has 0 aliphatic carbocycles. The maximum Gasteiger partial charge on any atom is 0.305 e. The lowest BCUT2D eigenvalue weighted by atomic mass is 9.68. The molecule has 0 aromatic carbocycles. The van der Waals surface area contributed by atoms with Crippen molar-refractivity contribution in [3.05, 3.63) is 81.7 Å².